The number of aliphatic hydroxyl groups excluding tert-OH is 1. The largest absolute Gasteiger partial charge is 0.392 e. The number of rotatable bonds is 7. The van der Waals surface area contributed by atoms with E-state index in [2.05, 4.69) is 4.72 Å². The Balaban J connectivity index is 2.77. The molecule has 0 saturated heterocycles. The summed E-state index contributed by atoms with van der Waals surface area (Å²) in [5.41, 5.74) is 0.357. The van der Waals surface area contributed by atoms with Gasteiger partial charge in [0, 0.05) is 6.54 Å². The fraction of sp³-hybridized carbons (Fsp3) is 0.500. The molecule has 108 valence electrons. The second-order valence-electron chi connectivity index (χ2n) is 4.48. The first kappa shape index (κ1) is 16.0. The van der Waals surface area contributed by atoms with Gasteiger partial charge in [-0.15, -0.1) is 0 Å². The van der Waals surface area contributed by atoms with Crippen LogP contribution in [0.4, 0.5) is 4.39 Å². The number of hydrogen-bond donors (Lipinski definition) is 2. The summed E-state index contributed by atoms with van der Waals surface area (Å²) in [6, 6.07) is 3.53. The van der Waals surface area contributed by atoms with Gasteiger partial charge < -0.3 is 10.0 Å². The van der Waals surface area contributed by atoms with Gasteiger partial charge in [0.15, 0.2) is 0 Å². The van der Waals surface area contributed by atoms with E-state index >= 15 is 0 Å². The second-order valence-corrected chi connectivity index (χ2v) is 6.21. The van der Waals surface area contributed by atoms with E-state index in [0.29, 0.717) is 12.0 Å². The lowest BCUT2D eigenvalue weighted by atomic mass is 10.2. The van der Waals surface area contributed by atoms with Crippen LogP contribution in [0.1, 0.15) is 12.0 Å². The summed E-state index contributed by atoms with van der Waals surface area (Å²) in [5, 5.41) is 8.95. The summed E-state index contributed by atoms with van der Waals surface area (Å²) in [7, 11) is -0.101. The van der Waals surface area contributed by atoms with Crippen molar-refractivity contribution in [3.63, 3.8) is 0 Å². The highest BCUT2D eigenvalue weighted by atomic mass is 32.2. The van der Waals surface area contributed by atoms with E-state index in [-0.39, 0.29) is 13.2 Å². The number of nitrogens with one attached hydrogen (secondary N) is 1. The van der Waals surface area contributed by atoms with E-state index in [1.807, 2.05) is 19.0 Å². The van der Waals surface area contributed by atoms with Crippen LogP contribution in [0.2, 0.25) is 0 Å². The van der Waals surface area contributed by atoms with E-state index in [0.717, 1.165) is 18.7 Å². The summed E-state index contributed by atoms with van der Waals surface area (Å²) < 4.78 is 39.7. The summed E-state index contributed by atoms with van der Waals surface area (Å²) in [4.78, 5) is 1.50. The number of aliphatic hydroxyl groups is 1. The van der Waals surface area contributed by atoms with Crippen molar-refractivity contribution in [1.82, 2.24) is 9.62 Å². The molecule has 0 aliphatic heterocycles. The normalized spacial score (nSPS) is 12.1. The molecule has 0 aliphatic rings. The Hall–Kier alpha value is -1.02. The monoisotopic (exact) mass is 290 g/mol. The Bertz CT molecular complexity index is 518. The molecule has 0 heterocycles. The standard InChI is InChI=1S/C12H19FN2O3S/c1-15(2)7-3-6-14-19(17,18)12-8-10(9-16)4-5-11(12)13/h4-5,8,14,16H,3,6-7,9H2,1-2H3. The molecule has 0 unspecified atom stereocenters. The minimum absolute atomic E-state index is 0.239. The maximum absolute atomic E-state index is 13.5. The molecule has 0 aliphatic carbocycles. The maximum atomic E-state index is 13.5. The van der Waals surface area contributed by atoms with Gasteiger partial charge in [-0.3, -0.25) is 0 Å². The molecule has 0 aromatic heterocycles. The molecular weight excluding hydrogens is 271 g/mol. The molecule has 5 nitrogen and oxygen atoms in total. The molecule has 2 N–H and O–H groups in total. The quantitative estimate of drug-likeness (QED) is 0.720. The zero-order valence-corrected chi connectivity index (χ0v) is 11.9. The van der Waals surface area contributed by atoms with Crippen LogP contribution in [0, 0.1) is 5.82 Å². The summed E-state index contributed by atoms with van der Waals surface area (Å²) in [5.74, 6) is -0.822. The molecule has 0 saturated carbocycles. The highest BCUT2D eigenvalue weighted by Gasteiger charge is 2.18. The van der Waals surface area contributed by atoms with Crippen molar-refractivity contribution in [2.24, 2.45) is 0 Å². The van der Waals surface area contributed by atoms with Gasteiger partial charge in [0.2, 0.25) is 10.0 Å². The van der Waals surface area contributed by atoms with Crippen LogP contribution < -0.4 is 4.72 Å². The Morgan fingerprint density at radius 3 is 2.63 bits per heavy atom. The van der Waals surface area contributed by atoms with Gasteiger partial charge in [0.1, 0.15) is 10.7 Å². The molecule has 1 rings (SSSR count). The third-order valence-corrected chi connectivity index (χ3v) is 4.02. The Labute approximate surface area is 113 Å². The van der Waals surface area contributed by atoms with Crippen LogP contribution >= 0.6 is 0 Å². The van der Waals surface area contributed by atoms with E-state index in [9.17, 15) is 12.8 Å². The topological polar surface area (TPSA) is 69.6 Å². The lowest BCUT2D eigenvalue weighted by Gasteiger charge is -2.11. The van der Waals surface area contributed by atoms with Gasteiger partial charge in [-0.05, 0) is 44.8 Å². The van der Waals surface area contributed by atoms with Crippen molar-refractivity contribution >= 4 is 10.0 Å². The van der Waals surface area contributed by atoms with Gasteiger partial charge in [-0.1, -0.05) is 6.07 Å². The molecule has 0 bridgehead atoms. The van der Waals surface area contributed by atoms with Crippen molar-refractivity contribution < 1.29 is 17.9 Å². The fourth-order valence-electron chi connectivity index (χ4n) is 1.53. The number of sulfonamides is 1. The number of halogens is 1. The summed E-state index contributed by atoms with van der Waals surface area (Å²) in [6.07, 6.45) is 0.632. The van der Waals surface area contributed by atoms with Crippen LogP contribution in [-0.4, -0.2) is 45.6 Å². The number of hydrogen-bond acceptors (Lipinski definition) is 4. The fourth-order valence-corrected chi connectivity index (χ4v) is 2.73. The molecule has 0 atom stereocenters. The predicted octanol–water partition coefficient (Wildman–Crippen LogP) is 0.548. The third kappa shape index (κ3) is 4.87. The first-order valence-electron chi connectivity index (χ1n) is 5.90. The van der Waals surface area contributed by atoms with Crippen molar-refractivity contribution in [2.75, 3.05) is 27.2 Å². The molecule has 1 aromatic carbocycles. The molecule has 0 fully saturated rings. The highest BCUT2D eigenvalue weighted by Crippen LogP contribution is 2.16. The summed E-state index contributed by atoms with van der Waals surface area (Å²) in [6.45, 7) is 0.647. The highest BCUT2D eigenvalue weighted by molar-refractivity contribution is 7.89. The Kier molecular flexibility index (Phi) is 5.86. The van der Waals surface area contributed by atoms with E-state index < -0.39 is 20.7 Å². The molecule has 19 heavy (non-hydrogen) atoms. The Morgan fingerprint density at radius 2 is 2.05 bits per heavy atom. The van der Waals surface area contributed by atoms with Gasteiger partial charge in [0.05, 0.1) is 6.61 Å². The Morgan fingerprint density at radius 1 is 1.37 bits per heavy atom. The van der Waals surface area contributed by atoms with Crippen LogP contribution in [0.25, 0.3) is 0 Å². The lowest BCUT2D eigenvalue weighted by molar-refractivity contribution is 0.281. The molecular formula is C12H19FN2O3S. The van der Waals surface area contributed by atoms with Gasteiger partial charge in [0.25, 0.3) is 0 Å². The van der Waals surface area contributed by atoms with Crippen molar-refractivity contribution in [1.29, 1.82) is 0 Å². The maximum Gasteiger partial charge on any atom is 0.243 e. The minimum atomic E-state index is -3.88. The van der Waals surface area contributed by atoms with E-state index in [4.69, 9.17) is 5.11 Å². The molecule has 0 radical (unpaired) electrons. The minimum Gasteiger partial charge on any atom is -0.392 e. The average molecular weight is 290 g/mol. The van der Waals surface area contributed by atoms with E-state index in [1.165, 1.54) is 6.07 Å². The molecule has 1 aromatic rings. The van der Waals surface area contributed by atoms with Crippen LogP contribution in [-0.2, 0) is 16.6 Å². The second kappa shape index (κ2) is 6.95. The SMILES string of the molecule is CN(C)CCCNS(=O)(=O)c1cc(CO)ccc1F. The van der Waals surface area contributed by atoms with Crippen LogP contribution in [0.3, 0.4) is 0 Å². The zero-order chi connectivity index (χ0) is 14.5. The molecule has 0 amide bonds. The zero-order valence-electron chi connectivity index (χ0n) is 11.1. The summed E-state index contributed by atoms with van der Waals surface area (Å²) >= 11 is 0. The van der Waals surface area contributed by atoms with Crippen LogP contribution in [0.5, 0.6) is 0 Å². The first-order valence-corrected chi connectivity index (χ1v) is 7.39. The van der Waals surface area contributed by atoms with Crippen molar-refractivity contribution in [3.8, 4) is 0 Å². The van der Waals surface area contributed by atoms with Crippen molar-refractivity contribution in [3.05, 3.63) is 29.6 Å². The van der Waals surface area contributed by atoms with E-state index in [1.54, 1.807) is 0 Å². The smallest absolute Gasteiger partial charge is 0.243 e. The van der Waals surface area contributed by atoms with Gasteiger partial charge in [-0.25, -0.2) is 17.5 Å². The average Bonchev–Trinajstić information content (AvgIpc) is 2.35. The first-order chi connectivity index (χ1) is 8.86. The van der Waals surface area contributed by atoms with Gasteiger partial charge >= 0.3 is 0 Å². The molecule has 0 spiro atoms. The van der Waals surface area contributed by atoms with Crippen molar-refractivity contribution in [2.45, 2.75) is 17.9 Å². The number of nitrogens with zero attached hydrogens (tertiary/aromatic N) is 1. The molecule has 7 heteroatoms. The predicted molar refractivity (Wildman–Crippen MR) is 70.7 cm³/mol. The number of benzene rings is 1. The third-order valence-electron chi connectivity index (χ3n) is 2.54. The van der Waals surface area contributed by atoms with Gasteiger partial charge in [-0.2, -0.15) is 0 Å². The lowest BCUT2D eigenvalue weighted by Crippen LogP contribution is -2.28. The van der Waals surface area contributed by atoms with Crippen LogP contribution in [0.15, 0.2) is 23.1 Å².